The second-order valence-corrected chi connectivity index (χ2v) is 10.4. The summed E-state index contributed by atoms with van der Waals surface area (Å²) in [4.78, 5) is 53.8. The van der Waals surface area contributed by atoms with Crippen molar-refractivity contribution in [1.82, 2.24) is 10.2 Å². The molecule has 2 amide bonds. The highest BCUT2D eigenvalue weighted by Gasteiger charge is 2.39. The van der Waals surface area contributed by atoms with E-state index < -0.39 is 24.0 Å². The molecule has 1 fully saturated rings. The van der Waals surface area contributed by atoms with E-state index in [2.05, 4.69) is 5.32 Å². The lowest BCUT2D eigenvalue weighted by Gasteiger charge is -2.30. The molecule has 7 heteroatoms. The number of ether oxygens (including phenoxy) is 1. The van der Waals surface area contributed by atoms with Crippen LogP contribution in [0.4, 0.5) is 0 Å². The third-order valence-corrected chi connectivity index (χ3v) is 6.25. The average Bonchev–Trinajstić information content (AvgIpc) is 3.30. The maximum atomic E-state index is 13.6. The lowest BCUT2D eigenvalue weighted by atomic mass is 9.91. The van der Waals surface area contributed by atoms with E-state index in [4.69, 9.17) is 4.74 Å². The third kappa shape index (κ3) is 8.79. The number of amides is 2. The number of carbonyl (C=O) groups is 4. The Hall–Kier alpha value is -2.70. The zero-order chi connectivity index (χ0) is 26.0. The highest BCUT2D eigenvalue weighted by molar-refractivity contribution is 6.03. The van der Waals surface area contributed by atoms with Gasteiger partial charge in [-0.3, -0.25) is 14.4 Å². The molecule has 0 aliphatic carbocycles. The molecular formula is C28H42N2O5. The second-order valence-electron chi connectivity index (χ2n) is 10.4. The number of carbonyl (C=O) groups excluding carboxylic acids is 4. The monoisotopic (exact) mass is 486 g/mol. The Kier molecular flexibility index (Phi) is 11.4. The number of nitrogens with one attached hydrogen (secondary N) is 1. The summed E-state index contributed by atoms with van der Waals surface area (Å²) in [6.07, 6.45) is 3.16. The molecule has 1 aliphatic rings. The van der Waals surface area contributed by atoms with E-state index in [-0.39, 0.29) is 36.0 Å². The van der Waals surface area contributed by atoms with Crippen molar-refractivity contribution in [2.75, 3.05) is 6.54 Å². The maximum Gasteiger partial charge on any atom is 0.329 e. The molecule has 35 heavy (non-hydrogen) atoms. The van der Waals surface area contributed by atoms with E-state index in [0.717, 1.165) is 5.56 Å². The Bertz CT molecular complexity index is 852. The van der Waals surface area contributed by atoms with E-state index in [9.17, 15) is 19.2 Å². The van der Waals surface area contributed by atoms with Gasteiger partial charge < -0.3 is 15.0 Å². The van der Waals surface area contributed by atoms with E-state index in [1.807, 2.05) is 65.0 Å². The quantitative estimate of drug-likeness (QED) is 0.332. The minimum atomic E-state index is -0.781. The predicted octanol–water partition coefficient (Wildman–Crippen LogP) is 4.28. The molecule has 1 saturated heterocycles. The molecule has 1 aromatic rings. The standard InChI is InChI=1S/C28H42N2O5/c1-6-11-22(25(31)17-20(4)5)26(32)29-23(16-19(2)3)27(33)30-15-10-14-24(30)28(34)35-18-21-12-8-7-9-13-21/h7-9,12-13,19-20,22-24H,6,10-11,14-18H2,1-5H3,(H,29,32). The van der Waals surface area contributed by atoms with Gasteiger partial charge in [-0.15, -0.1) is 0 Å². The van der Waals surface area contributed by atoms with Crippen LogP contribution < -0.4 is 5.32 Å². The number of likely N-dealkylation sites (tertiary alicyclic amines) is 1. The summed E-state index contributed by atoms with van der Waals surface area (Å²) >= 11 is 0. The van der Waals surface area contributed by atoms with Gasteiger partial charge in [-0.1, -0.05) is 71.4 Å². The molecule has 0 bridgehead atoms. The van der Waals surface area contributed by atoms with Crippen molar-refractivity contribution in [2.24, 2.45) is 17.8 Å². The predicted molar refractivity (Wildman–Crippen MR) is 135 cm³/mol. The van der Waals surface area contributed by atoms with Gasteiger partial charge in [0.1, 0.15) is 24.5 Å². The van der Waals surface area contributed by atoms with E-state index >= 15 is 0 Å². The molecule has 0 aromatic heterocycles. The molecule has 3 atom stereocenters. The summed E-state index contributed by atoms with van der Waals surface area (Å²) in [6.45, 7) is 10.4. The van der Waals surface area contributed by atoms with Gasteiger partial charge in [-0.25, -0.2) is 4.79 Å². The summed E-state index contributed by atoms with van der Waals surface area (Å²) in [5, 5.41) is 2.88. The Morgan fingerprint density at radius 2 is 1.74 bits per heavy atom. The van der Waals surface area contributed by atoms with E-state index in [1.54, 1.807) is 4.90 Å². The minimum Gasteiger partial charge on any atom is -0.459 e. The van der Waals surface area contributed by atoms with Crippen LogP contribution in [0.25, 0.3) is 0 Å². The summed E-state index contributed by atoms with van der Waals surface area (Å²) in [7, 11) is 0. The molecule has 1 aromatic carbocycles. The first kappa shape index (κ1) is 28.5. The van der Waals surface area contributed by atoms with Crippen LogP contribution in [0.15, 0.2) is 30.3 Å². The minimum absolute atomic E-state index is 0.0846. The van der Waals surface area contributed by atoms with Gasteiger partial charge in [0.15, 0.2) is 0 Å². The average molecular weight is 487 g/mol. The molecule has 1 aliphatic heterocycles. The van der Waals surface area contributed by atoms with Crippen LogP contribution in [0.3, 0.4) is 0 Å². The van der Waals surface area contributed by atoms with Crippen molar-refractivity contribution in [3.05, 3.63) is 35.9 Å². The number of hydrogen-bond donors (Lipinski definition) is 1. The van der Waals surface area contributed by atoms with Crippen molar-refractivity contribution in [3.8, 4) is 0 Å². The van der Waals surface area contributed by atoms with Gasteiger partial charge >= 0.3 is 5.97 Å². The van der Waals surface area contributed by atoms with Crippen molar-refractivity contribution in [2.45, 2.75) is 91.8 Å². The van der Waals surface area contributed by atoms with Gasteiger partial charge in [0.05, 0.1) is 5.92 Å². The fraction of sp³-hybridized carbons (Fsp3) is 0.643. The normalized spacial score (nSPS) is 17.3. The molecule has 0 radical (unpaired) electrons. The molecule has 0 spiro atoms. The second kappa shape index (κ2) is 14.0. The zero-order valence-corrected chi connectivity index (χ0v) is 21.9. The number of Topliss-reactive ketones (excluding diaryl/α,β-unsaturated/α-hetero) is 1. The fourth-order valence-corrected chi connectivity index (χ4v) is 4.54. The van der Waals surface area contributed by atoms with Gasteiger partial charge in [0.2, 0.25) is 11.8 Å². The van der Waals surface area contributed by atoms with Crippen molar-refractivity contribution in [1.29, 1.82) is 0 Å². The number of ketones is 1. The number of nitrogens with zero attached hydrogens (tertiary/aromatic N) is 1. The van der Waals surface area contributed by atoms with E-state index in [0.29, 0.717) is 45.1 Å². The topological polar surface area (TPSA) is 92.8 Å². The van der Waals surface area contributed by atoms with Crippen LogP contribution in [0, 0.1) is 17.8 Å². The molecule has 7 nitrogen and oxygen atoms in total. The number of hydrogen-bond acceptors (Lipinski definition) is 5. The Morgan fingerprint density at radius 1 is 1.06 bits per heavy atom. The summed E-state index contributed by atoms with van der Waals surface area (Å²) < 4.78 is 5.51. The SMILES string of the molecule is CCCC(C(=O)CC(C)C)C(=O)NC(CC(C)C)C(=O)N1CCCC1C(=O)OCc1ccccc1. The summed E-state index contributed by atoms with van der Waals surface area (Å²) in [5.41, 5.74) is 0.884. The zero-order valence-electron chi connectivity index (χ0n) is 21.9. The highest BCUT2D eigenvalue weighted by Crippen LogP contribution is 2.23. The Balaban J connectivity index is 2.11. The van der Waals surface area contributed by atoms with E-state index in [1.165, 1.54) is 0 Å². The number of benzene rings is 1. The third-order valence-electron chi connectivity index (χ3n) is 6.25. The van der Waals surface area contributed by atoms with Crippen LogP contribution in [0.1, 0.15) is 78.7 Å². The lowest BCUT2D eigenvalue weighted by Crippen LogP contribution is -2.53. The number of esters is 1. The first-order valence-corrected chi connectivity index (χ1v) is 13.0. The highest BCUT2D eigenvalue weighted by atomic mass is 16.5. The van der Waals surface area contributed by atoms with Crippen molar-refractivity contribution >= 4 is 23.6 Å². The largest absolute Gasteiger partial charge is 0.459 e. The Morgan fingerprint density at radius 3 is 2.34 bits per heavy atom. The first-order valence-electron chi connectivity index (χ1n) is 13.0. The Labute approximate surface area is 210 Å². The van der Waals surface area contributed by atoms with Gasteiger partial charge in [-0.2, -0.15) is 0 Å². The molecule has 194 valence electrons. The lowest BCUT2D eigenvalue weighted by molar-refractivity contribution is -0.155. The molecule has 2 rings (SSSR count). The van der Waals surface area contributed by atoms with Crippen LogP contribution in [0.2, 0.25) is 0 Å². The van der Waals surface area contributed by atoms with Gasteiger partial charge in [0, 0.05) is 13.0 Å². The van der Waals surface area contributed by atoms with Gasteiger partial charge in [0.25, 0.3) is 0 Å². The van der Waals surface area contributed by atoms with Crippen LogP contribution in [0.5, 0.6) is 0 Å². The fourth-order valence-electron chi connectivity index (χ4n) is 4.54. The first-order chi connectivity index (χ1) is 16.6. The summed E-state index contributed by atoms with van der Waals surface area (Å²) in [6, 6.07) is 7.98. The molecule has 3 unspecified atom stereocenters. The molecule has 1 N–H and O–H groups in total. The van der Waals surface area contributed by atoms with Crippen LogP contribution in [-0.4, -0.2) is 47.1 Å². The molecule has 1 heterocycles. The summed E-state index contributed by atoms with van der Waals surface area (Å²) in [5.74, 6) is -1.63. The number of rotatable bonds is 13. The van der Waals surface area contributed by atoms with Crippen LogP contribution in [-0.2, 0) is 30.5 Å². The molecular weight excluding hydrogens is 444 g/mol. The smallest absolute Gasteiger partial charge is 0.329 e. The van der Waals surface area contributed by atoms with Crippen LogP contribution >= 0.6 is 0 Å². The maximum absolute atomic E-state index is 13.6. The van der Waals surface area contributed by atoms with Crippen molar-refractivity contribution < 1.29 is 23.9 Å². The molecule has 0 saturated carbocycles. The van der Waals surface area contributed by atoms with Gasteiger partial charge in [-0.05, 0) is 43.1 Å². The van der Waals surface area contributed by atoms with Crippen molar-refractivity contribution in [3.63, 3.8) is 0 Å².